The molecule has 0 bridgehead atoms. The van der Waals surface area contributed by atoms with Crippen molar-refractivity contribution in [2.45, 2.75) is 6.61 Å². The summed E-state index contributed by atoms with van der Waals surface area (Å²) in [6, 6.07) is 7.56. The molecule has 1 aromatic heterocycles. The first-order chi connectivity index (χ1) is 8.17. The van der Waals surface area contributed by atoms with E-state index in [1.807, 2.05) is 0 Å². The Bertz CT molecular complexity index is 496. The molecular weight excluding hydrogens is 289 g/mol. The summed E-state index contributed by atoms with van der Waals surface area (Å²) in [5.41, 5.74) is 0.692. The van der Waals surface area contributed by atoms with Crippen molar-refractivity contribution < 1.29 is 14.2 Å². The average Bonchev–Trinajstić information content (AvgIpc) is 2.28. The Morgan fingerprint density at radius 2 is 2.12 bits per heavy atom. The monoisotopic (exact) mass is 297 g/mol. The maximum Gasteiger partial charge on any atom is 0.219 e. The van der Waals surface area contributed by atoms with Crippen LogP contribution in [0.4, 0.5) is 4.39 Å². The van der Waals surface area contributed by atoms with Crippen LogP contribution < -0.4 is 4.74 Å². The van der Waals surface area contributed by atoms with Crippen LogP contribution in [0.25, 0.3) is 0 Å². The van der Waals surface area contributed by atoms with E-state index in [0.717, 1.165) is 0 Å². The molecule has 17 heavy (non-hydrogen) atoms. The summed E-state index contributed by atoms with van der Waals surface area (Å²) in [6.07, 6.45) is 1.50. The van der Waals surface area contributed by atoms with Gasteiger partial charge < -0.3 is 9.84 Å². The highest BCUT2D eigenvalue weighted by Gasteiger charge is 2.02. The van der Waals surface area contributed by atoms with Gasteiger partial charge in [-0.3, -0.25) is 0 Å². The number of aliphatic hydroxyl groups is 1. The van der Waals surface area contributed by atoms with Gasteiger partial charge in [0.1, 0.15) is 11.6 Å². The van der Waals surface area contributed by atoms with E-state index in [1.165, 1.54) is 18.3 Å². The fourth-order valence-electron chi connectivity index (χ4n) is 1.27. The van der Waals surface area contributed by atoms with E-state index in [0.29, 0.717) is 21.7 Å². The predicted octanol–water partition coefficient (Wildman–Crippen LogP) is 3.27. The van der Waals surface area contributed by atoms with Crippen molar-refractivity contribution in [2.75, 3.05) is 0 Å². The molecule has 1 N–H and O–H groups in total. The molecular formula is C12H9BrFNO2. The van der Waals surface area contributed by atoms with Crippen molar-refractivity contribution >= 4 is 15.9 Å². The number of pyridine rings is 1. The molecule has 0 aliphatic heterocycles. The first-order valence-corrected chi connectivity index (χ1v) is 5.66. The Balaban J connectivity index is 2.19. The number of rotatable bonds is 3. The zero-order chi connectivity index (χ0) is 12.3. The van der Waals surface area contributed by atoms with Crippen LogP contribution in [0.5, 0.6) is 11.6 Å². The molecule has 0 fully saturated rings. The number of hydrogen-bond acceptors (Lipinski definition) is 3. The highest BCUT2D eigenvalue weighted by molar-refractivity contribution is 9.10. The number of hydrogen-bond donors (Lipinski definition) is 1. The Morgan fingerprint density at radius 3 is 2.71 bits per heavy atom. The number of benzene rings is 1. The van der Waals surface area contributed by atoms with E-state index in [-0.39, 0.29) is 12.4 Å². The molecule has 0 unspecified atom stereocenters. The van der Waals surface area contributed by atoms with Gasteiger partial charge in [0.05, 0.1) is 6.61 Å². The molecule has 5 heteroatoms. The molecule has 1 aromatic carbocycles. The standard InChI is InChI=1S/C12H9BrFNO2/c13-9-3-10(14)5-11(4-9)17-12-2-1-8(7-16)6-15-12/h1-6,16H,7H2. The van der Waals surface area contributed by atoms with Crippen LogP contribution in [0.3, 0.4) is 0 Å². The van der Waals surface area contributed by atoms with Crippen LogP contribution in [0.1, 0.15) is 5.56 Å². The van der Waals surface area contributed by atoms with E-state index in [1.54, 1.807) is 18.2 Å². The molecule has 1 heterocycles. The molecule has 0 radical (unpaired) electrons. The second-order valence-corrected chi connectivity index (χ2v) is 4.29. The average molecular weight is 298 g/mol. The number of halogens is 2. The maximum atomic E-state index is 13.1. The van der Waals surface area contributed by atoms with Crippen LogP contribution in [0.15, 0.2) is 41.0 Å². The minimum atomic E-state index is -0.388. The molecule has 0 aliphatic carbocycles. The van der Waals surface area contributed by atoms with Crippen molar-refractivity contribution in [3.63, 3.8) is 0 Å². The molecule has 0 saturated carbocycles. The quantitative estimate of drug-likeness (QED) is 0.945. The van der Waals surface area contributed by atoms with Gasteiger partial charge in [0, 0.05) is 22.8 Å². The molecule has 0 spiro atoms. The summed E-state index contributed by atoms with van der Waals surface area (Å²) in [5, 5.41) is 8.85. The summed E-state index contributed by atoms with van der Waals surface area (Å²) in [5.74, 6) is 0.321. The van der Waals surface area contributed by atoms with Crippen LogP contribution >= 0.6 is 15.9 Å². The van der Waals surface area contributed by atoms with E-state index >= 15 is 0 Å². The zero-order valence-corrected chi connectivity index (χ0v) is 10.3. The van der Waals surface area contributed by atoms with Gasteiger partial charge in [-0.2, -0.15) is 0 Å². The van der Waals surface area contributed by atoms with E-state index in [9.17, 15) is 4.39 Å². The van der Waals surface area contributed by atoms with Crippen LogP contribution in [0.2, 0.25) is 0 Å². The lowest BCUT2D eigenvalue weighted by Gasteiger charge is -2.05. The number of aliphatic hydroxyl groups excluding tert-OH is 1. The minimum absolute atomic E-state index is 0.0706. The van der Waals surface area contributed by atoms with Crippen molar-refractivity contribution in [3.05, 3.63) is 52.4 Å². The number of aromatic nitrogens is 1. The third-order valence-electron chi connectivity index (χ3n) is 2.04. The molecule has 0 saturated heterocycles. The van der Waals surface area contributed by atoms with Crippen molar-refractivity contribution in [2.24, 2.45) is 0 Å². The predicted molar refractivity (Wildman–Crippen MR) is 64.3 cm³/mol. The summed E-state index contributed by atoms with van der Waals surface area (Å²) < 4.78 is 19.1. The van der Waals surface area contributed by atoms with Crippen molar-refractivity contribution in [3.8, 4) is 11.6 Å². The zero-order valence-electron chi connectivity index (χ0n) is 8.73. The van der Waals surface area contributed by atoms with Gasteiger partial charge in [-0.05, 0) is 23.8 Å². The molecule has 3 nitrogen and oxygen atoms in total. The normalized spacial score (nSPS) is 10.3. The summed E-state index contributed by atoms with van der Waals surface area (Å²) >= 11 is 3.18. The smallest absolute Gasteiger partial charge is 0.219 e. The van der Waals surface area contributed by atoms with Gasteiger partial charge in [0.15, 0.2) is 0 Å². The van der Waals surface area contributed by atoms with Gasteiger partial charge in [-0.1, -0.05) is 15.9 Å². The fourth-order valence-corrected chi connectivity index (χ4v) is 1.72. The first kappa shape index (κ1) is 12.0. The Kier molecular flexibility index (Phi) is 3.71. The fraction of sp³-hybridized carbons (Fsp3) is 0.0833. The molecule has 0 atom stereocenters. The lowest BCUT2D eigenvalue weighted by atomic mass is 10.3. The lowest BCUT2D eigenvalue weighted by molar-refractivity contribution is 0.281. The highest BCUT2D eigenvalue weighted by atomic mass is 79.9. The van der Waals surface area contributed by atoms with E-state index < -0.39 is 0 Å². The van der Waals surface area contributed by atoms with Gasteiger partial charge in [0.25, 0.3) is 0 Å². The largest absolute Gasteiger partial charge is 0.439 e. The third kappa shape index (κ3) is 3.25. The van der Waals surface area contributed by atoms with Crippen LogP contribution in [-0.4, -0.2) is 10.1 Å². The Hall–Kier alpha value is -1.46. The summed E-state index contributed by atoms with van der Waals surface area (Å²) in [6.45, 7) is -0.0706. The Labute approximate surface area is 106 Å². The van der Waals surface area contributed by atoms with Crippen LogP contribution in [0, 0.1) is 5.82 Å². The lowest BCUT2D eigenvalue weighted by Crippen LogP contribution is -1.90. The van der Waals surface area contributed by atoms with Gasteiger partial charge in [-0.25, -0.2) is 9.37 Å². The van der Waals surface area contributed by atoms with E-state index in [4.69, 9.17) is 9.84 Å². The first-order valence-electron chi connectivity index (χ1n) is 4.87. The molecule has 2 aromatic rings. The summed E-state index contributed by atoms with van der Waals surface area (Å²) in [4.78, 5) is 3.98. The molecule has 0 amide bonds. The second kappa shape index (κ2) is 5.25. The van der Waals surface area contributed by atoms with Crippen molar-refractivity contribution in [1.82, 2.24) is 4.98 Å². The van der Waals surface area contributed by atoms with Crippen molar-refractivity contribution in [1.29, 1.82) is 0 Å². The maximum absolute atomic E-state index is 13.1. The van der Waals surface area contributed by atoms with Gasteiger partial charge in [0.2, 0.25) is 5.88 Å². The molecule has 0 aliphatic rings. The third-order valence-corrected chi connectivity index (χ3v) is 2.50. The van der Waals surface area contributed by atoms with Gasteiger partial charge >= 0.3 is 0 Å². The number of nitrogens with zero attached hydrogens (tertiary/aromatic N) is 1. The molecule has 2 rings (SSSR count). The second-order valence-electron chi connectivity index (χ2n) is 3.37. The number of ether oxygens (including phenoxy) is 1. The summed E-state index contributed by atoms with van der Waals surface area (Å²) in [7, 11) is 0. The highest BCUT2D eigenvalue weighted by Crippen LogP contribution is 2.24. The minimum Gasteiger partial charge on any atom is -0.439 e. The SMILES string of the molecule is OCc1ccc(Oc2cc(F)cc(Br)c2)nc1. The Morgan fingerprint density at radius 1 is 1.29 bits per heavy atom. The molecule has 88 valence electrons. The van der Waals surface area contributed by atoms with E-state index in [2.05, 4.69) is 20.9 Å². The van der Waals surface area contributed by atoms with Gasteiger partial charge in [-0.15, -0.1) is 0 Å². The topological polar surface area (TPSA) is 42.4 Å². The van der Waals surface area contributed by atoms with Crippen LogP contribution in [-0.2, 0) is 6.61 Å².